The normalized spacial score (nSPS) is 23.6. The molecule has 5 nitrogen and oxygen atoms in total. The average Bonchev–Trinajstić information content (AvgIpc) is 2.38. The number of rotatable bonds is 5. The number of ether oxygens (including phenoxy) is 1. The summed E-state index contributed by atoms with van der Waals surface area (Å²) in [5, 5.41) is -0.464. The molecule has 0 aromatic rings. The first-order chi connectivity index (χ1) is 8.42. The largest absolute Gasteiger partial charge is 0.469 e. The zero-order chi connectivity index (χ0) is 13.8. The Morgan fingerprint density at radius 2 is 2.22 bits per heavy atom. The van der Waals surface area contributed by atoms with Crippen LogP contribution in [0.5, 0.6) is 0 Å². The first kappa shape index (κ1) is 15.8. The Labute approximate surface area is 113 Å². The van der Waals surface area contributed by atoms with Gasteiger partial charge in [0.2, 0.25) is 0 Å². The third-order valence-corrected chi connectivity index (χ3v) is 6.45. The van der Waals surface area contributed by atoms with E-state index in [0.29, 0.717) is 18.8 Å². The number of hydrogen-bond acceptors (Lipinski definition) is 6. The molecule has 0 bridgehead atoms. The van der Waals surface area contributed by atoms with Gasteiger partial charge in [0.25, 0.3) is 0 Å². The molecule has 0 radical (unpaired) electrons. The number of carbonyl (C=O) groups is 1. The highest BCUT2D eigenvalue weighted by Crippen LogP contribution is 2.22. The second-order valence-electron chi connectivity index (χ2n) is 4.40. The van der Waals surface area contributed by atoms with Crippen LogP contribution >= 0.6 is 11.8 Å². The van der Waals surface area contributed by atoms with Gasteiger partial charge in [-0.25, -0.2) is 8.42 Å². The van der Waals surface area contributed by atoms with Crippen molar-refractivity contribution in [2.75, 3.05) is 37.5 Å². The van der Waals surface area contributed by atoms with Crippen LogP contribution in [0.2, 0.25) is 0 Å². The van der Waals surface area contributed by atoms with Crippen LogP contribution < -0.4 is 0 Å². The van der Waals surface area contributed by atoms with Gasteiger partial charge in [0.05, 0.1) is 13.0 Å². The van der Waals surface area contributed by atoms with Crippen LogP contribution in [0.15, 0.2) is 0 Å². The monoisotopic (exact) mass is 295 g/mol. The van der Waals surface area contributed by atoms with Crippen LogP contribution in [0.4, 0.5) is 0 Å². The Morgan fingerprint density at radius 3 is 2.78 bits per heavy atom. The van der Waals surface area contributed by atoms with Gasteiger partial charge in [-0.05, 0) is 0 Å². The van der Waals surface area contributed by atoms with E-state index in [2.05, 4.69) is 4.74 Å². The summed E-state index contributed by atoms with van der Waals surface area (Å²) in [6.07, 6.45) is 0. The van der Waals surface area contributed by atoms with Gasteiger partial charge in [0.15, 0.2) is 9.84 Å². The fraction of sp³-hybridized carbons (Fsp3) is 0.909. The number of esters is 1. The molecule has 1 aliphatic heterocycles. The minimum absolute atomic E-state index is 0.140. The highest BCUT2D eigenvalue weighted by Gasteiger charge is 2.34. The van der Waals surface area contributed by atoms with Crippen LogP contribution in [-0.2, 0) is 19.4 Å². The fourth-order valence-corrected chi connectivity index (χ4v) is 5.07. The molecule has 0 spiro atoms. The molecule has 1 saturated heterocycles. The van der Waals surface area contributed by atoms with E-state index in [-0.39, 0.29) is 17.6 Å². The second-order valence-corrected chi connectivity index (χ2v) is 8.00. The third kappa shape index (κ3) is 3.86. The molecular weight excluding hydrogens is 274 g/mol. The number of sulfone groups is 1. The van der Waals surface area contributed by atoms with Gasteiger partial charge in [-0.2, -0.15) is 11.8 Å². The maximum Gasteiger partial charge on any atom is 0.309 e. The minimum atomic E-state index is -3.10. The third-order valence-electron chi connectivity index (χ3n) is 3.12. The number of methoxy groups -OCH3 is 1. The Morgan fingerprint density at radius 1 is 1.56 bits per heavy atom. The quantitative estimate of drug-likeness (QED) is 0.692. The van der Waals surface area contributed by atoms with Crippen molar-refractivity contribution in [2.45, 2.75) is 19.2 Å². The molecule has 0 saturated carbocycles. The van der Waals surface area contributed by atoms with Crippen molar-refractivity contribution < 1.29 is 17.9 Å². The van der Waals surface area contributed by atoms with Crippen LogP contribution in [0.1, 0.15) is 13.8 Å². The maximum atomic E-state index is 12.0. The predicted octanol–water partition coefficient (Wildman–Crippen LogP) is 0.605. The van der Waals surface area contributed by atoms with E-state index < -0.39 is 15.2 Å². The second kappa shape index (κ2) is 6.77. The summed E-state index contributed by atoms with van der Waals surface area (Å²) in [6, 6.07) is 0. The number of carbonyl (C=O) groups excluding carboxylic acids is 1. The van der Waals surface area contributed by atoms with Crippen LogP contribution in [0.25, 0.3) is 0 Å². The van der Waals surface area contributed by atoms with Crippen molar-refractivity contribution >= 4 is 27.6 Å². The van der Waals surface area contributed by atoms with Gasteiger partial charge in [0.1, 0.15) is 5.37 Å². The molecule has 1 aliphatic rings. The van der Waals surface area contributed by atoms with Gasteiger partial charge in [-0.3, -0.25) is 9.69 Å². The molecule has 2 atom stereocenters. The Kier molecular flexibility index (Phi) is 5.94. The summed E-state index contributed by atoms with van der Waals surface area (Å²) in [6.45, 7) is 4.58. The van der Waals surface area contributed by atoms with E-state index in [1.54, 1.807) is 25.6 Å². The summed E-state index contributed by atoms with van der Waals surface area (Å²) in [4.78, 5) is 13.3. The minimum Gasteiger partial charge on any atom is -0.469 e. The molecule has 1 heterocycles. The van der Waals surface area contributed by atoms with E-state index in [1.807, 2.05) is 4.90 Å². The van der Waals surface area contributed by atoms with Gasteiger partial charge < -0.3 is 4.74 Å². The van der Waals surface area contributed by atoms with Crippen molar-refractivity contribution in [3.8, 4) is 0 Å². The predicted molar refractivity (Wildman–Crippen MR) is 73.3 cm³/mol. The molecule has 18 heavy (non-hydrogen) atoms. The van der Waals surface area contributed by atoms with Crippen LogP contribution in [0, 0.1) is 5.92 Å². The zero-order valence-corrected chi connectivity index (χ0v) is 12.7. The standard InChI is InChI=1S/C11H21NO4S2/c1-4-18(14,15)10-8-17-6-5-12(10)7-9(2)11(13)16-3/h9-10H,4-8H2,1-3H3. The number of nitrogens with zero attached hydrogens (tertiary/aromatic N) is 1. The van der Waals surface area contributed by atoms with Crippen LogP contribution in [0.3, 0.4) is 0 Å². The lowest BCUT2D eigenvalue weighted by molar-refractivity contribution is -0.145. The summed E-state index contributed by atoms with van der Waals surface area (Å²) < 4.78 is 28.7. The maximum absolute atomic E-state index is 12.0. The molecule has 0 aliphatic carbocycles. The summed E-state index contributed by atoms with van der Waals surface area (Å²) in [7, 11) is -1.74. The average molecular weight is 295 g/mol. The lowest BCUT2D eigenvalue weighted by Crippen LogP contribution is -2.50. The Balaban J connectivity index is 2.75. The molecule has 0 aromatic carbocycles. The van der Waals surface area contributed by atoms with E-state index in [0.717, 1.165) is 5.75 Å². The molecule has 2 unspecified atom stereocenters. The molecule has 0 amide bonds. The highest BCUT2D eigenvalue weighted by atomic mass is 32.2. The van der Waals surface area contributed by atoms with Crippen molar-refractivity contribution in [3.05, 3.63) is 0 Å². The van der Waals surface area contributed by atoms with Crippen molar-refractivity contribution in [1.29, 1.82) is 0 Å². The first-order valence-electron chi connectivity index (χ1n) is 6.03. The Bertz CT molecular complexity index is 383. The summed E-state index contributed by atoms with van der Waals surface area (Å²) in [5.74, 6) is 1.04. The zero-order valence-electron chi connectivity index (χ0n) is 11.1. The van der Waals surface area contributed by atoms with E-state index >= 15 is 0 Å². The summed E-state index contributed by atoms with van der Waals surface area (Å²) >= 11 is 1.65. The fourth-order valence-electron chi connectivity index (χ4n) is 1.97. The van der Waals surface area contributed by atoms with Gasteiger partial charge >= 0.3 is 5.97 Å². The topological polar surface area (TPSA) is 63.7 Å². The molecule has 7 heteroatoms. The highest BCUT2D eigenvalue weighted by molar-refractivity contribution is 8.01. The summed E-state index contributed by atoms with van der Waals surface area (Å²) in [5.41, 5.74) is 0. The molecule has 0 aromatic heterocycles. The first-order valence-corrected chi connectivity index (χ1v) is 8.90. The van der Waals surface area contributed by atoms with Crippen LogP contribution in [-0.4, -0.2) is 62.1 Å². The van der Waals surface area contributed by atoms with Gasteiger partial charge in [-0.15, -0.1) is 0 Å². The molecule has 1 rings (SSSR count). The van der Waals surface area contributed by atoms with E-state index in [1.165, 1.54) is 7.11 Å². The number of hydrogen-bond donors (Lipinski definition) is 0. The van der Waals surface area contributed by atoms with Crippen molar-refractivity contribution in [1.82, 2.24) is 4.90 Å². The molecule has 106 valence electrons. The molecule has 1 fully saturated rings. The van der Waals surface area contributed by atoms with Gasteiger partial charge in [0, 0.05) is 30.3 Å². The smallest absolute Gasteiger partial charge is 0.309 e. The molecular formula is C11H21NO4S2. The Hall–Kier alpha value is -0.270. The van der Waals surface area contributed by atoms with Crippen molar-refractivity contribution in [3.63, 3.8) is 0 Å². The lowest BCUT2D eigenvalue weighted by Gasteiger charge is -2.35. The molecule has 0 N–H and O–H groups in total. The van der Waals surface area contributed by atoms with Gasteiger partial charge in [-0.1, -0.05) is 13.8 Å². The van der Waals surface area contributed by atoms with E-state index in [9.17, 15) is 13.2 Å². The number of thioether (sulfide) groups is 1. The van der Waals surface area contributed by atoms with Crippen molar-refractivity contribution in [2.24, 2.45) is 5.92 Å². The van der Waals surface area contributed by atoms with E-state index in [4.69, 9.17) is 0 Å². The lowest BCUT2D eigenvalue weighted by atomic mass is 10.1. The SMILES string of the molecule is CCS(=O)(=O)C1CSCCN1CC(C)C(=O)OC.